The number of hydrogen-bond donors (Lipinski definition) is 3. The first-order valence-corrected chi connectivity index (χ1v) is 5.73. The van der Waals surface area contributed by atoms with E-state index in [-0.39, 0.29) is 12.2 Å². The van der Waals surface area contributed by atoms with Gasteiger partial charge in [-0.25, -0.2) is 10.5 Å². The number of hydrazine groups is 1. The second-order valence-electron chi connectivity index (χ2n) is 4.05. The molecule has 0 aliphatic heterocycles. The first kappa shape index (κ1) is 13.7. The number of aliphatic hydroxyl groups excluding tert-OH is 1. The van der Waals surface area contributed by atoms with Crippen LogP contribution in [0.15, 0.2) is 30.5 Å². The van der Waals surface area contributed by atoms with Gasteiger partial charge < -0.3 is 5.11 Å². The highest BCUT2D eigenvalue weighted by atomic mass is 16.3. The number of nitrogens with one attached hydrogen (secondary N) is 1. The third kappa shape index (κ3) is 2.97. The van der Waals surface area contributed by atoms with Crippen LogP contribution in [0.4, 0.5) is 0 Å². The molecule has 0 saturated heterocycles. The molecule has 8 heteroatoms. The molecule has 1 aromatic heterocycles. The number of carbonyl (C=O) groups is 1. The van der Waals surface area contributed by atoms with E-state index in [4.69, 9.17) is 11.1 Å². The average molecular weight is 272 g/mol. The van der Waals surface area contributed by atoms with Crippen molar-refractivity contribution in [2.75, 3.05) is 0 Å². The second kappa shape index (κ2) is 5.92. The molecule has 102 valence electrons. The molecule has 1 aromatic carbocycles. The molecule has 0 fully saturated rings. The van der Waals surface area contributed by atoms with Crippen molar-refractivity contribution in [1.29, 1.82) is 5.26 Å². The summed E-state index contributed by atoms with van der Waals surface area (Å²) in [5.41, 5.74) is 3.05. The second-order valence-corrected chi connectivity index (χ2v) is 4.05. The van der Waals surface area contributed by atoms with E-state index in [1.54, 1.807) is 24.3 Å². The molecule has 20 heavy (non-hydrogen) atoms. The number of aromatic nitrogens is 3. The van der Waals surface area contributed by atoms with Crippen LogP contribution in [0.5, 0.6) is 0 Å². The van der Waals surface area contributed by atoms with Crippen molar-refractivity contribution in [3.63, 3.8) is 0 Å². The molecule has 1 heterocycles. The Morgan fingerprint density at radius 1 is 1.60 bits per heavy atom. The fourth-order valence-corrected chi connectivity index (χ4v) is 1.66. The molecule has 0 spiro atoms. The molecule has 0 unspecified atom stereocenters. The van der Waals surface area contributed by atoms with Crippen LogP contribution < -0.4 is 11.3 Å². The lowest BCUT2D eigenvalue weighted by Gasteiger charge is -2.10. The van der Waals surface area contributed by atoms with Gasteiger partial charge in [0.25, 0.3) is 5.91 Å². The topological polar surface area (TPSA) is 130 Å². The number of carbonyl (C=O) groups excluding carboxylic acids is 1. The highest BCUT2D eigenvalue weighted by Gasteiger charge is 2.13. The van der Waals surface area contributed by atoms with Gasteiger partial charge in [-0.2, -0.15) is 5.26 Å². The Labute approximate surface area is 114 Å². The Hall–Kier alpha value is -2.76. The van der Waals surface area contributed by atoms with Gasteiger partial charge in [0.1, 0.15) is 0 Å². The molecule has 8 nitrogen and oxygen atoms in total. The molecule has 0 aliphatic rings. The molecule has 1 atom stereocenters. The molecular weight excluding hydrogens is 260 g/mol. The number of nitriles is 1. The summed E-state index contributed by atoms with van der Waals surface area (Å²) in [5, 5.41) is 26.2. The van der Waals surface area contributed by atoms with E-state index < -0.39 is 12.0 Å². The zero-order valence-electron chi connectivity index (χ0n) is 10.4. The standard InChI is InChI=1S/C12H12N6O2/c13-5-8-2-1-3-9(4-8)11(19)7-18-6-10(16-17-18)12(20)15-14/h1-4,6,11,19H,7,14H2,(H,15,20)/t11-/m0/s1. The maximum atomic E-state index is 11.2. The van der Waals surface area contributed by atoms with E-state index in [0.29, 0.717) is 11.1 Å². The van der Waals surface area contributed by atoms with Gasteiger partial charge in [-0.3, -0.25) is 10.2 Å². The molecule has 0 aliphatic carbocycles. The normalized spacial score (nSPS) is 11.7. The molecule has 1 amide bonds. The molecule has 0 radical (unpaired) electrons. The van der Waals surface area contributed by atoms with Gasteiger partial charge in [0.15, 0.2) is 5.69 Å². The summed E-state index contributed by atoms with van der Waals surface area (Å²) in [7, 11) is 0. The Bertz CT molecular complexity index is 660. The molecular formula is C12H12N6O2. The van der Waals surface area contributed by atoms with Gasteiger partial charge in [-0.05, 0) is 17.7 Å². The lowest BCUT2D eigenvalue weighted by Crippen LogP contribution is -2.30. The molecule has 2 rings (SSSR count). The maximum Gasteiger partial charge on any atom is 0.287 e. The van der Waals surface area contributed by atoms with E-state index in [1.165, 1.54) is 10.9 Å². The van der Waals surface area contributed by atoms with E-state index in [1.807, 2.05) is 11.5 Å². The summed E-state index contributed by atoms with van der Waals surface area (Å²) in [6.45, 7) is 0.111. The summed E-state index contributed by atoms with van der Waals surface area (Å²) >= 11 is 0. The molecule has 0 saturated carbocycles. The van der Waals surface area contributed by atoms with Crippen molar-refractivity contribution in [3.05, 3.63) is 47.3 Å². The zero-order valence-corrected chi connectivity index (χ0v) is 10.4. The Morgan fingerprint density at radius 2 is 2.40 bits per heavy atom. The van der Waals surface area contributed by atoms with Crippen molar-refractivity contribution in [1.82, 2.24) is 20.4 Å². The predicted molar refractivity (Wildman–Crippen MR) is 67.8 cm³/mol. The number of amides is 1. The number of nitrogens with two attached hydrogens (primary N) is 1. The third-order valence-electron chi connectivity index (χ3n) is 2.66. The minimum Gasteiger partial charge on any atom is -0.386 e. The Morgan fingerprint density at radius 3 is 3.10 bits per heavy atom. The van der Waals surface area contributed by atoms with Crippen LogP contribution in [-0.2, 0) is 6.54 Å². The summed E-state index contributed by atoms with van der Waals surface area (Å²) in [5.74, 6) is 4.42. The van der Waals surface area contributed by atoms with Crippen molar-refractivity contribution < 1.29 is 9.90 Å². The van der Waals surface area contributed by atoms with Crippen molar-refractivity contribution >= 4 is 5.91 Å². The smallest absolute Gasteiger partial charge is 0.287 e. The van der Waals surface area contributed by atoms with Crippen LogP contribution in [-0.4, -0.2) is 26.0 Å². The first-order chi connectivity index (χ1) is 9.63. The lowest BCUT2D eigenvalue weighted by atomic mass is 10.1. The molecule has 2 aromatic rings. The van der Waals surface area contributed by atoms with Crippen molar-refractivity contribution in [2.24, 2.45) is 5.84 Å². The van der Waals surface area contributed by atoms with Crippen molar-refractivity contribution in [3.8, 4) is 6.07 Å². The molecule has 4 N–H and O–H groups in total. The largest absolute Gasteiger partial charge is 0.386 e. The minimum absolute atomic E-state index is 0.0606. The van der Waals surface area contributed by atoms with Crippen LogP contribution >= 0.6 is 0 Å². The van der Waals surface area contributed by atoms with Gasteiger partial charge >= 0.3 is 0 Å². The van der Waals surface area contributed by atoms with Gasteiger partial charge in [0.2, 0.25) is 0 Å². The van der Waals surface area contributed by atoms with Crippen LogP contribution in [0.2, 0.25) is 0 Å². The highest BCUT2D eigenvalue weighted by Crippen LogP contribution is 2.16. The minimum atomic E-state index is -0.862. The Balaban J connectivity index is 2.11. The van der Waals surface area contributed by atoms with Gasteiger partial charge in [0.05, 0.1) is 30.5 Å². The van der Waals surface area contributed by atoms with E-state index in [9.17, 15) is 9.90 Å². The summed E-state index contributed by atoms with van der Waals surface area (Å²) in [6, 6.07) is 8.63. The van der Waals surface area contributed by atoms with E-state index >= 15 is 0 Å². The van der Waals surface area contributed by atoms with E-state index in [0.717, 1.165) is 0 Å². The number of nitrogens with zero attached hydrogens (tertiary/aromatic N) is 4. The number of nitrogen functional groups attached to an aromatic ring is 1. The van der Waals surface area contributed by atoms with E-state index in [2.05, 4.69) is 10.3 Å². The third-order valence-corrected chi connectivity index (χ3v) is 2.66. The van der Waals surface area contributed by atoms with Crippen LogP contribution in [0.1, 0.15) is 27.7 Å². The quantitative estimate of drug-likeness (QED) is 0.390. The van der Waals surface area contributed by atoms with Gasteiger partial charge in [-0.15, -0.1) is 5.10 Å². The maximum absolute atomic E-state index is 11.2. The SMILES string of the molecule is N#Cc1cccc([C@@H](O)Cn2cc(C(=O)NN)nn2)c1. The summed E-state index contributed by atoms with van der Waals surface area (Å²) < 4.78 is 1.33. The fourth-order valence-electron chi connectivity index (χ4n) is 1.66. The first-order valence-electron chi connectivity index (χ1n) is 5.73. The van der Waals surface area contributed by atoms with Gasteiger partial charge in [0, 0.05) is 0 Å². The fraction of sp³-hybridized carbons (Fsp3) is 0.167. The number of rotatable bonds is 4. The highest BCUT2D eigenvalue weighted by molar-refractivity contribution is 5.91. The average Bonchev–Trinajstić information content (AvgIpc) is 2.95. The lowest BCUT2D eigenvalue weighted by molar-refractivity contribution is 0.0948. The summed E-state index contributed by atoms with van der Waals surface area (Å²) in [6.07, 6.45) is 0.512. The molecule has 0 bridgehead atoms. The number of aliphatic hydroxyl groups is 1. The predicted octanol–water partition coefficient (Wildman–Crippen LogP) is -0.513. The van der Waals surface area contributed by atoms with Crippen molar-refractivity contribution in [2.45, 2.75) is 12.6 Å². The monoisotopic (exact) mass is 272 g/mol. The number of hydrogen-bond acceptors (Lipinski definition) is 6. The van der Waals surface area contributed by atoms with Crippen LogP contribution in [0.25, 0.3) is 0 Å². The Kier molecular flexibility index (Phi) is 4.05. The summed E-state index contributed by atoms with van der Waals surface area (Å²) in [4.78, 5) is 11.2. The van der Waals surface area contributed by atoms with Crippen LogP contribution in [0.3, 0.4) is 0 Å². The van der Waals surface area contributed by atoms with Crippen LogP contribution in [0, 0.1) is 11.3 Å². The number of benzene rings is 1. The van der Waals surface area contributed by atoms with Gasteiger partial charge in [-0.1, -0.05) is 17.3 Å². The zero-order chi connectivity index (χ0) is 14.5.